The number of anilines is 1. The van der Waals surface area contributed by atoms with E-state index in [9.17, 15) is 4.79 Å². The van der Waals surface area contributed by atoms with E-state index in [4.69, 9.17) is 0 Å². The van der Waals surface area contributed by atoms with Gasteiger partial charge in [-0.1, -0.05) is 19.8 Å². The summed E-state index contributed by atoms with van der Waals surface area (Å²) in [4.78, 5) is 15.8. The van der Waals surface area contributed by atoms with Gasteiger partial charge < -0.3 is 10.6 Å². The summed E-state index contributed by atoms with van der Waals surface area (Å²) in [6.45, 7) is 5.74. The summed E-state index contributed by atoms with van der Waals surface area (Å²) < 4.78 is 0. The topological polar surface area (TPSA) is 54.0 Å². The highest BCUT2D eigenvalue weighted by atomic mass is 16.1. The number of amides is 1. The Balaban J connectivity index is 2.40. The minimum Gasteiger partial charge on any atom is -0.384 e. The van der Waals surface area contributed by atoms with Gasteiger partial charge in [0.15, 0.2) is 0 Å². The van der Waals surface area contributed by atoms with Crippen molar-refractivity contribution in [3.05, 3.63) is 24.0 Å². The van der Waals surface area contributed by atoms with Crippen molar-refractivity contribution in [1.82, 2.24) is 10.3 Å². The molecule has 94 valence electrons. The largest absolute Gasteiger partial charge is 0.384 e. The molecule has 1 amide bonds. The Kier molecular flexibility index (Phi) is 6.07. The zero-order chi connectivity index (χ0) is 12.5. The maximum Gasteiger partial charge on any atom is 0.269 e. The Morgan fingerprint density at radius 3 is 2.71 bits per heavy atom. The minimum absolute atomic E-state index is 0.0934. The average Bonchev–Trinajstić information content (AvgIpc) is 2.36. The number of aromatic nitrogens is 1. The van der Waals surface area contributed by atoms with Crippen molar-refractivity contribution in [3.8, 4) is 0 Å². The number of unbranched alkanes of at least 4 members (excludes halogenated alkanes) is 2. The van der Waals surface area contributed by atoms with Crippen molar-refractivity contribution in [2.75, 3.05) is 18.4 Å². The van der Waals surface area contributed by atoms with Crippen LogP contribution in [0.5, 0.6) is 0 Å². The molecule has 4 nitrogen and oxygen atoms in total. The quantitative estimate of drug-likeness (QED) is 0.714. The summed E-state index contributed by atoms with van der Waals surface area (Å²) in [6.07, 6.45) is 5.01. The summed E-state index contributed by atoms with van der Waals surface area (Å²) in [7, 11) is 0. The zero-order valence-electron chi connectivity index (χ0n) is 10.6. The Hall–Kier alpha value is -1.58. The maximum atomic E-state index is 11.7. The number of hydrogen-bond acceptors (Lipinski definition) is 3. The van der Waals surface area contributed by atoms with Gasteiger partial charge in [-0.05, 0) is 25.5 Å². The standard InChI is InChI=1S/C13H21N3O/c1-3-5-6-9-15-13(17)12-8-7-11(10-16-12)14-4-2/h7-8,10,14H,3-6,9H2,1-2H3,(H,15,17). The van der Waals surface area contributed by atoms with Gasteiger partial charge in [0.2, 0.25) is 0 Å². The molecule has 0 aliphatic heterocycles. The van der Waals surface area contributed by atoms with Gasteiger partial charge in [0.1, 0.15) is 5.69 Å². The lowest BCUT2D eigenvalue weighted by Gasteiger charge is -2.05. The Morgan fingerprint density at radius 1 is 1.29 bits per heavy atom. The van der Waals surface area contributed by atoms with Crippen LogP contribution < -0.4 is 10.6 Å². The molecule has 0 saturated carbocycles. The fourth-order valence-corrected chi connectivity index (χ4v) is 1.50. The Morgan fingerprint density at radius 2 is 2.12 bits per heavy atom. The molecule has 0 aromatic carbocycles. The molecule has 0 unspecified atom stereocenters. The molecule has 2 N–H and O–H groups in total. The van der Waals surface area contributed by atoms with Crippen LogP contribution in [0.3, 0.4) is 0 Å². The molecule has 0 saturated heterocycles. The molecule has 1 aromatic heterocycles. The van der Waals surface area contributed by atoms with E-state index in [2.05, 4.69) is 22.5 Å². The number of carbonyl (C=O) groups is 1. The van der Waals surface area contributed by atoms with E-state index in [1.54, 1.807) is 12.3 Å². The van der Waals surface area contributed by atoms with E-state index in [1.807, 2.05) is 13.0 Å². The van der Waals surface area contributed by atoms with Crippen LogP contribution in [0.15, 0.2) is 18.3 Å². The summed E-state index contributed by atoms with van der Waals surface area (Å²) in [5.74, 6) is -0.0934. The smallest absolute Gasteiger partial charge is 0.269 e. The summed E-state index contributed by atoms with van der Waals surface area (Å²) in [6, 6.07) is 3.62. The Bertz CT molecular complexity index is 335. The van der Waals surface area contributed by atoms with Crippen LogP contribution in [-0.2, 0) is 0 Å². The van der Waals surface area contributed by atoms with Crippen molar-refractivity contribution >= 4 is 11.6 Å². The van der Waals surface area contributed by atoms with E-state index in [0.717, 1.165) is 38.0 Å². The normalized spacial score (nSPS) is 10.0. The fourth-order valence-electron chi connectivity index (χ4n) is 1.50. The van der Waals surface area contributed by atoms with Crippen LogP contribution in [-0.4, -0.2) is 24.0 Å². The molecule has 0 fully saturated rings. The van der Waals surface area contributed by atoms with Gasteiger partial charge in [-0.15, -0.1) is 0 Å². The SMILES string of the molecule is CCCCCNC(=O)c1ccc(NCC)cn1. The van der Waals surface area contributed by atoms with E-state index in [1.165, 1.54) is 0 Å². The van der Waals surface area contributed by atoms with Crippen LogP contribution >= 0.6 is 0 Å². The van der Waals surface area contributed by atoms with Crippen molar-refractivity contribution in [1.29, 1.82) is 0 Å². The highest BCUT2D eigenvalue weighted by Gasteiger charge is 2.05. The van der Waals surface area contributed by atoms with Gasteiger partial charge in [0, 0.05) is 13.1 Å². The lowest BCUT2D eigenvalue weighted by molar-refractivity contribution is 0.0948. The summed E-state index contributed by atoms with van der Waals surface area (Å²) in [5.41, 5.74) is 1.41. The van der Waals surface area contributed by atoms with E-state index >= 15 is 0 Å². The lowest BCUT2D eigenvalue weighted by Crippen LogP contribution is -2.25. The first-order valence-electron chi connectivity index (χ1n) is 6.26. The molecule has 0 bridgehead atoms. The van der Waals surface area contributed by atoms with Crippen LogP contribution in [0.1, 0.15) is 43.6 Å². The van der Waals surface area contributed by atoms with Gasteiger partial charge in [-0.25, -0.2) is 4.98 Å². The summed E-state index contributed by atoms with van der Waals surface area (Å²) in [5, 5.41) is 6.00. The van der Waals surface area contributed by atoms with Crippen molar-refractivity contribution < 1.29 is 4.79 Å². The summed E-state index contributed by atoms with van der Waals surface area (Å²) >= 11 is 0. The molecule has 4 heteroatoms. The molecule has 0 aliphatic rings. The molecule has 17 heavy (non-hydrogen) atoms. The molecular weight excluding hydrogens is 214 g/mol. The fraction of sp³-hybridized carbons (Fsp3) is 0.538. The molecule has 1 heterocycles. The van der Waals surface area contributed by atoms with Crippen LogP contribution in [0.2, 0.25) is 0 Å². The molecule has 1 aromatic rings. The van der Waals surface area contributed by atoms with Crippen molar-refractivity contribution in [3.63, 3.8) is 0 Å². The van der Waals surface area contributed by atoms with Gasteiger partial charge in [0.05, 0.1) is 11.9 Å². The van der Waals surface area contributed by atoms with Crippen LogP contribution in [0, 0.1) is 0 Å². The predicted molar refractivity (Wildman–Crippen MR) is 70.3 cm³/mol. The van der Waals surface area contributed by atoms with Gasteiger partial charge >= 0.3 is 0 Å². The number of nitrogens with one attached hydrogen (secondary N) is 2. The van der Waals surface area contributed by atoms with Crippen molar-refractivity contribution in [2.45, 2.75) is 33.1 Å². The second-order valence-corrected chi connectivity index (χ2v) is 3.93. The molecule has 1 rings (SSSR count). The molecule has 0 atom stereocenters. The van der Waals surface area contributed by atoms with Gasteiger partial charge in [0.25, 0.3) is 5.91 Å². The minimum atomic E-state index is -0.0934. The zero-order valence-corrected chi connectivity index (χ0v) is 10.6. The maximum absolute atomic E-state index is 11.7. The third-order valence-corrected chi connectivity index (χ3v) is 2.44. The third kappa shape index (κ3) is 4.85. The second kappa shape index (κ2) is 7.65. The number of rotatable bonds is 7. The third-order valence-electron chi connectivity index (χ3n) is 2.44. The molecule has 0 aliphatic carbocycles. The van der Waals surface area contributed by atoms with E-state index < -0.39 is 0 Å². The lowest BCUT2D eigenvalue weighted by atomic mass is 10.2. The predicted octanol–water partition coefficient (Wildman–Crippen LogP) is 2.43. The molecule has 0 spiro atoms. The van der Waals surface area contributed by atoms with E-state index in [-0.39, 0.29) is 5.91 Å². The number of hydrogen-bond donors (Lipinski definition) is 2. The van der Waals surface area contributed by atoms with Gasteiger partial charge in [-0.3, -0.25) is 4.79 Å². The first-order chi connectivity index (χ1) is 8.27. The Labute approximate surface area is 103 Å². The first-order valence-corrected chi connectivity index (χ1v) is 6.26. The first kappa shape index (κ1) is 13.5. The van der Waals surface area contributed by atoms with Crippen molar-refractivity contribution in [2.24, 2.45) is 0 Å². The highest BCUT2D eigenvalue weighted by Crippen LogP contribution is 2.05. The number of nitrogens with zero attached hydrogens (tertiary/aromatic N) is 1. The van der Waals surface area contributed by atoms with E-state index in [0.29, 0.717) is 5.69 Å². The number of carbonyl (C=O) groups excluding carboxylic acids is 1. The van der Waals surface area contributed by atoms with Gasteiger partial charge in [-0.2, -0.15) is 0 Å². The van der Waals surface area contributed by atoms with Crippen LogP contribution in [0.4, 0.5) is 5.69 Å². The monoisotopic (exact) mass is 235 g/mol. The highest BCUT2D eigenvalue weighted by molar-refractivity contribution is 5.92. The molecular formula is C13H21N3O. The second-order valence-electron chi connectivity index (χ2n) is 3.93. The molecule has 0 radical (unpaired) electrons. The number of pyridine rings is 1. The average molecular weight is 235 g/mol. The van der Waals surface area contributed by atoms with Crippen LogP contribution in [0.25, 0.3) is 0 Å².